The van der Waals surface area contributed by atoms with E-state index in [0.29, 0.717) is 5.02 Å². The molecule has 0 aliphatic rings. The maximum Gasteiger partial charge on any atom is 0.0762 e. The lowest BCUT2D eigenvalue weighted by atomic mass is 10.1. The van der Waals surface area contributed by atoms with Crippen LogP contribution in [0.3, 0.4) is 0 Å². The van der Waals surface area contributed by atoms with Crippen molar-refractivity contribution in [3.05, 3.63) is 58.6 Å². The second kappa shape index (κ2) is 5.79. The number of aliphatic hydroxyl groups is 1. The summed E-state index contributed by atoms with van der Waals surface area (Å²) in [6.45, 7) is 3.82. The summed E-state index contributed by atoms with van der Waals surface area (Å²) >= 11 is 7.89. The third-order valence-electron chi connectivity index (χ3n) is 2.75. The van der Waals surface area contributed by atoms with Crippen molar-refractivity contribution in [2.45, 2.75) is 29.7 Å². The van der Waals surface area contributed by atoms with Gasteiger partial charge in [0.15, 0.2) is 0 Å². The molecule has 1 N–H and O–H groups in total. The number of hydrogen-bond donors (Lipinski definition) is 1. The molecule has 0 spiro atoms. The van der Waals surface area contributed by atoms with Crippen molar-refractivity contribution in [2.75, 3.05) is 0 Å². The molecule has 0 fully saturated rings. The van der Waals surface area contributed by atoms with Gasteiger partial charge in [0.05, 0.1) is 11.1 Å². The number of aliphatic hydroxyl groups excluding tert-OH is 1. The first-order valence-corrected chi connectivity index (χ1v) is 6.98. The Morgan fingerprint density at radius 2 is 1.83 bits per heavy atom. The predicted octanol–water partition coefficient (Wildman–Crippen LogP) is 4.85. The van der Waals surface area contributed by atoms with Gasteiger partial charge < -0.3 is 5.11 Å². The monoisotopic (exact) mass is 278 g/mol. The van der Waals surface area contributed by atoms with Gasteiger partial charge in [-0.3, -0.25) is 0 Å². The topological polar surface area (TPSA) is 20.2 Å². The zero-order valence-corrected chi connectivity index (χ0v) is 11.9. The van der Waals surface area contributed by atoms with E-state index in [-0.39, 0.29) is 0 Å². The number of benzene rings is 2. The molecule has 0 saturated heterocycles. The smallest absolute Gasteiger partial charge is 0.0762 e. The van der Waals surface area contributed by atoms with Crippen molar-refractivity contribution in [1.29, 1.82) is 0 Å². The van der Waals surface area contributed by atoms with Gasteiger partial charge in [-0.25, -0.2) is 0 Å². The molecular formula is C15H15ClOS. The molecule has 0 bridgehead atoms. The van der Waals surface area contributed by atoms with Crippen LogP contribution in [0, 0.1) is 6.92 Å². The summed E-state index contributed by atoms with van der Waals surface area (Å²) in [7, 11) is 0. The van der Waals surface area contributed by atoms with E-state index in [1.165, 1.54) is 10.5 Å². The van der Waals surface area contributed by atoms with Crippen LogP contribution in [0.1, 0.15) is 24.2 Å². The zero-order valence-electron chi connectivity index (χ0n) is 10.4. The SMILES string of the molecule is Cc1ccccc1Sc1ccc(C(C)O)cc1Cl. The van der Waals surface area contributed by atoms with Crippen LogP contribution in [0.15, 0.2) is 52.3 Å². The molecule has 2 aromatic rings. The fraction of sp³-hybridized carbons (Fsp3) is 0.200. The highest BCUT2D eigenvalue weighted by molar-refractivity contribution is 7.99. The van der Waals surface area contributed by atoms with Gasteiger partial charge in [0.1, 0.15) is 0 Å². The Hall–Kier alpha value is -0.960. The molecular weight excluding hydrogens is 264 g/mol. The van der Waals surface area contributed by atoms with Crippen LogP contribution in [0.2, 0.25) is 5.02 Å². The van der Waals surface area contributed by atoms with E-state index < -0.39 is 6.10 Å². The minimum Gasteiger partial charge on any atom is -0.389 e. The summed E-state index contributed by atoms with van der Waals surface area (Å²) in [5.41, 5.74) is 2.08. The molecule has 0 heterocycles. The maximum atomic E-state index is 9.51. The van der Waals surface area contributed by atoms with Gasteiger partial charge in [-0.15, -0.1) is 0 Å². The summed E-state index contributed by atoms with van der Waals surface area (Å²) in [5.74, 6) is 0. The van der Waals surface area contributed by atoms with E-state index in [1.54, 1.807) is 18.7 Å². The molecule has 3 heteroatoms. The normalized spacial score (nSPS) is 12.4. The minimum atomic E-state index is -0.486. The Balaban J connectivity index is 2.28. The van der Waals surface area contributed by atoms with Crippen molar-refractivity contribution in [3.63, 3.8) is 0 Å². The zero-order chi connectivity index (χ0) is 13.1. The summed E-state index contributed by atoms with van der Waals surface area (Å²) in [6, 6.07) is 13.9. The molecule has 0 amide bonds. The molecule has 0 aliphatic carbocycles. The van der Waals surface area contributed by atoms with E-state index in [2.05, 4.69) is 19.1 Å². The fourth-order valence-corrected chi connectivity index (χ4v) is 2.86. The summed E-state index contributed by atoms with van der Waals surface area (Å²) in [4.78, 5) is 2.21. The van der Waals surface area contributed by atoms with Crippen LogP contribution in [-0.2, 0) is 0 Å². The van der Waals surface area contributed by atoms with Gasteiger partial charge in [0, 0.05) is 9.79 Å². The Labute approximate surface area is 117 Å². The third-order valence-corrected chi connectivity index (χ3v) is 4.43. The number of rotatable bonds is 3. The maximum absolute atomic E-state index is 9.51. The molecule has 0 radical (unpaired) electrons. The van der Waals surface area contributed by atoms with Crippen LogP contribution in [0.5, 0.6) is 0 Å². The first-order chi connectivity index (χ1) is 8.58. The molecule has 18 heavy (non-hydrogen) atoms. The van der Waals surface area contributed by atoms with E-state index in [9.17, 15) is 5.11 Å². The average Bonchev–Trinajstić information content (AvgIpc) is 2.34. The summed E-state index contributed by atoms with van der Waals surface area (Å²) in [5, 5.41) is 10.2. The second-order valence-corrected chi connectivity index (χ2v) is 5.72. The summed E-state index contributed by atoms with van der Waals surface area (Å²) in [6.07, 6.45) is -0.486. The molecule has 0 saturated carbocycles. The van der Waals surface area contributed by atoms with Crippen molar-refractivity contribution in [2.24, 2.45) is 0 Å². The lowest BCUT2D eigenvalue weighted by Crippen LogP contribution is -1.91. The largest absolute Gasteiger partial charge is 0.389 e. The van der Waals surface area contributed by atoms with Gasteiger partial charge >= 0.3 is 0 Å². The molecule has 1 unspecified atom stereocenters. The van der Waals surface area contributed by atoms with Crippen molar-refractivity contribution in [1.82, 2.24) is 0 Å². The van der Waals surface area contributed by atoms with Gasteiger partial charge in [-0.05, 0) is 43.2 Å². The highest BCUT2D eigenvalue weighted by atomic mass is 35.5. The molecule has 2 rings (SSSR count). The van der Waals surface area contributed by atoms with Crippen LogP contribution < -0.4 is 0 Å². The van der Waals surface area contributed by atoms with Gasteiger partial charge in [-0.1, -0.05) is 47.6 Å². The van der Waals surface area contributed by atoms with Crippen molar-refractivity contribution < 1.29 is 5.11 Å². The first-order valence-electron chi connectivity index (χ1n) is 5.79. The van der Waals surface area contributed by atoms with E-state index in [0.717, 1.165) is 10.5 Å². The molecule has 94 valence electrons. The van der Waals surface area contributed by atoms with E-state index >= 15 is 0 Å². The fourth-order valence-electron chi connectivity index (χ4n) is 1.65. The standard InChI is InChI=1S/C15H15ClOS/c1-10-5-3-4-6-14(10)18-15-8-7-12(11(2)17)9-13(15)16/h3-9,11,17H,1-2H3. The number of halogens is 1. The highest BCUT2D eigenvalue weighted by Gasteiger charge is 2.08. The Kier molecular flexibility index (Phi) is 4.33. The number of aryl methyl sites for hydroxylation is 1. The highest BCUT2D eigenvalue weighted by Crippen LogP contribution is 2.36. The third kappa shape index (κ3) is 3.08. The Morgan fingerprint density at radius 1 is 1.11 bits per heavy atom. The minimum absolute atomic E-state index is 0.486. The van der Waals surface area contributed by atoms with E-state index in [4.69, 9.17) is 11.6 Å². The van der Waals surface area contributed by atoms with Crippen molar-refractivity contribution >= 4 is 23.4 Å². The lowest BCUT2D eigenvalue weighted by molar-refractivity contribution is 0.199. The quantitative estimate of drug-likeness (QED) is 0.866. The molecule has 1 nitrogen and oxygen atoms in total. The van der Waals surface area contributed by atoms with E-state index in [1.807, 2.05) is 30.3 Å². The molecule has 1 atom stereocenters. The average molecular weight is 279 g/mol. The molecule has 0 aromatic heterocycles. The van der Waals surface area contributed by atoms with Gasteiger partial charge in [0.25, 0.3) is 0 Å². The summed E-state index contributed by atoms with van der Waals surface area (Å²) < 4.78 is 0. The molecule has 0 aliphatic heterocycles. The lowest BCUT2D eigenvalue weighted by Gasteiger charge is -2.10. The van der Waals surface area contributed by atoms with Gasteiger partial charge in [0.2, 0.25) is 0 Å². The van der Waals surface area contributed by atoms with Gasteiger partial charge in [-0.2, -0.15) is 0 Å². The second-order valence-electron chi connectivity index (χ2n) is 4.23. The number of hydrogen-bond acceptors (Lipinski definition) is 2. The van der Waals surface area contributed by atoms with Crippen LogP contribution in [0.25, 0.3) is 0 Å². The predicted molar refractivity (Wildman–Crippen MR) is 77.4 cm³/mol. The molecule has 2 aromatic carbocycles. The first kappa shape index (κ1) is 13.5. The van der Waals surface area contributed by atoms with Crippen LogP contribution in [0.4, 0.5) is 0 Å². The Bertz CT molecular complexity index is 552. The van der Waals surface area contributed by atoms with Crippen LogP contribution in [-0.4, -0.2) is 5.11 Å². The Morgan fingerprint density at radius 3 is 2.44 bits per heavy atom. The van der Waals surface area contributed by atoms with Crippen molar-refractivity contribution in [3.8, 4) is 0 Å². The van der Waals surface area contributed by atoms with Crippen LogP contribution >= 0.6 is 23.4 Å².